The van der Waals surface area contributed by atoms with E-state index >= 15 is 0 Å². The molecule has 0 bridgehead atoms. The summed E-state index contributed by atoms with van der Waals surface area (Å²) < 4.78 is 2.05. The van der Waals surface area contributed by atoms with Crippen molar-refractivity contribution in [2.75, 3.05) is 13.1 Å². The van der Waals surface area contributed by atoms with Crippen molar-refractivity contribution in [2.24, 2.45) is 5.92 Å². The highest BCUT2D eigenvalue weighted by Crippen LogP contribution is 2.21. The van der Waals surface area contributed by atoms with Crippen molar-refractivity contribution in [1.82, 2.24) is 14.5 Å². The molecular formula is C20H21N3O. The highest BCUT2D eigenvalue weighted by molar-refractivity contribution is 5.94. The van der Waals surface area contributed by atoms with Crippen molar-refractivity contribution in [1.29, 1.82) is 0 Å². The second kappa shape index (κ2) is 6.11. The van der Waals surface area contributed by atoms with Crippen LogP contribution >= 0.6 is 0 Å². The number of amides is 1. The fraction of sp³-hybridized carbons (Fsp3) is 0.300. The predicted molar refractivity (Wildman–Crippen MR) is 95.4 cm³/mol. The largest absolute Gasteiger partial charge is 0.339 e. The van der Waals surface area contributed by atoms with Gasteiger partial charge >= 0.3 is 0 Å². The Bertz CT molecular complexity index is 858. The SMILES string of the molecule is CC1CCN(C(=O)c2ccc(-n3cnc4ccccc43)cc2)CC1. The molecule has 0 spiro atoms. The second-order valence-electron chi connectivity index (χ2n) is 6.62. The summed E-state index contributed by atoms with van der Waals surface area (Å²) in [6.07, 6.45) is 4.03. The number of hydrogen-bond donors (Lipinski definition) is 0. The molecule has 2 aromatic carbocycles. The molecule has 0 unspecified atom stereocenters. The number of para-hydroxylation sites is 2. The van der Waals surface area contributed by atoms with Crippen LogP contribution in [0.1, 0.15) is 30.1 Å². The quantitative estimate of drug-likeness (QED) is 0.718. The Kier molecular flexibility index (Phi) is 3.81. The fourth-order valence-electron chi connectivity index (χ4n) is 3.32. The number of imidazole rings is 1. The number of fused-ring (bicyclic) bond motifs is 1. The van der Waals surface area contributed by atoms with Crippen LogP contribution in [0.5, 0.6) is 0 Å². The van der Waals surface area contributed by atoms with Gasteiger partial charge in [-0.05, 0) is 55.2 Å². The molecular weight excluding hydrogens is 298 g/mol. The number of hydrogen-bond acceptors (Lipinski definition) is 2. The molecule has 24 heavy (non-hydrogen) atoms. The van der Waals surface area contributed by atoms with Crippen LogP contribution in [-0.2, 0) is 0 Å². The summed E-state index contributed by atoms with van der Waals surface area (Å²) in [6, 6.07) is 15.9. The zero-order valence-electron chi connectivity index (χ0n) is 13.9. The van der Waals surface area contributed by atoms with E-state index in [1.165, 1.54) is 0 Å². The van der Waals surface area contributed by atoms with Gasteiger partial charge in [0.1, 0.15) is 6.33 Å². The van der Waals surface area contributed by atoms with Crippen molar-refractivity contribution in [2.45, 2.75) is 19.8 Å². The van der Waals surface area contributed by atoms with E-state index in [1.54, 1.807) is 0 Å². The molecule has 1 aromatic heterocycles. The number of carbonyl (C=O) groups is 1. The van der Waals surface area contributed by atoms with Crippen LogP contribution < -0.4 is 0 Å². The first-order valence-corrected chi connectivity index (χ1v) is 8.54. The summed E-state index contributed by atoms with van der Waals surface area (Å²) in [7, 11) is 0. The van der Waals surface area contributed by atoms with E-state index in [0.29, 0.717) is 0 Å². The maximum Gasteiger partial charge on any atom is 0.253 e. The lowest BCUT2D eigenvalue weighted by atomic mass is 9.98. The monoisotopic (exact) mass is 319 g/mol. The molecule has 0 aliphatic carbocycles. The number of nitrogens with zero attached hydrogens (tertiary/aromatic N) is 3. The Hall–Kier alpha value is -2.62. The Morgan fingerprint density at radius 3 is 2.50 bits per heavy atom. The molecule has 2 heterocycles. The highest BCUT2D eigenvalue weighted by atomic mass is 16.2. The zero-order chi connectivity index (χ0) is 16.5. The summed E-state index contributed by atoms with van der Waals surface area (Å²) in [5.41, 5.74) is 3.83. The Morgan fingerprint density at radius 2 is 1.75 bits per heavy atom. The third kappa shape index (κ3) is 2.68. The minimum Gasteiger partial charge on any atom is -0.339 e. The summed E-state index contributed by atoms with van der Waals surface area (Å²) in [4.78, 5) is 19.0. The molecule has 0 N–H and O–H groups in total. The zero-order valence-corrected chi connectivity index (χ0v) is 13.9. The summed E-state index contributed by atoms with van der Waals surface area (Å²) in [6.45, 7) is 3.99. The van der Waals surface area contributed by atoms with E-state index < -0.39 is 0 Å². The van der Waals surface area contributed by atoms with Crippen molar-refractivity contribution in [3.63, 3.8) is 0 Å². The maximum absolute atomic E-state index is 12.6. The topological polar surface area (TPSA) is 38.1 Å². The first kappa shape index (κ1) is 14.9. The number of likely N-dealkylation sites (tertiary alicyclic amines) is 1. The van der Waals surface area contributed by atoms with E-state index in [4.69, 9.17) is 0 Å². The number of carbonyl (C=O) groups excluding carboxylic acids is 1. The van der Waals surface area contributed by atoms with Gasteiger partial charge in [0.15, 0.2) is 0 Å². The van der Waals surface area contributed by atoms with E-state index in [2.05, 4.69) is 18.0 Å². The van der Waals surface area contributed by atoms with Gasteiger partial charge in [-0.25, -0.2) is 4.98 Å². The predicted octanol–water partition coefficient (Wildman–Crippen LogP) is 3.90. The van der Waals surface area contributed by atoms with Crippen LogP contribution in [0.2, 0.25) is 0 Å². The smallest absolute Gasteiger partial charge is 0.253 e. The van der Waals surface area contributed by atoms with Gasteiger partial charge in [0, 0.05) is 24.3 Å². The van der Waals surface area contributed by atoms with Crippen LogP contribution in [0.25, 0.3) is 16.7 Å². The fourth-order valence-corrected chi connectivity index (χ4v) is 3.32. The summed E-state index contributed by atoms with van der Waals surface area (Å²) >= 11 is 0. The molecule has 1 saturated heterocycles. The molecule has 4 nitrogen and oxygen atoms in total. The maximum atomic E-state index is 12.6. The molecule has 1 fully saturated rings. The first-order chi connectivity index (χ1) is 11.7. The lowest BCUT2D eigenvalue weighted by Crippen LogP contribution is -2.37. The van der Waals surface area contributed by atoms with Crippen molar-refractivity contribution in [3.05, 3.63) is 60.4 Å². The minimum absolute atomic E-state index is 0.143. The van der Waals surface area contributed by atoms with E-state index in [9.17, 15) is 4.79 Å². The first-order valence-electron chi connectivity index (χ1n) is 8.54. The third-order valence-corrected chi connectivity index (χ3v) is 4.92. The molecule has 4 heteroatoms. The Balaban J connectivity index is 1.57. The third-order valence-electron chi connectivity index (χ3n) is 4.92. The van der Waals surface area contributed by atoms with Gasteiger partial charge in [-0.2, -0.15) is 0 Å². The second-order valence-corrected chi connectivity index (χ2v) is 6.62. The van der Waals surface area contributed by atoms with Crippen molar-refractivity contribution >= 4 is 16.9 Å². The molecule has 0 saturated carbocycles. The number of benzene rings is 2. The molecule has 4 rings (SSSR count). The summed E-state index contributed by atoms with van der Waals surface area (Å²) in [5, 5.41) is 0. The molecule has 1 aliphatic heterocycles. The van der Waals surface area contributed by atoms with Crippen LogP contribution in [0.15, 0.2) is 54.9 Å². The number of aromatic nitrogens is 2. The average molecular weight is 319 g/mol. The molecule has 3 aromatic rings. The van der Waals surface area contributed by atoms with Crippen molar-refractivity contribution in [3.8, 4) is 5.69 Å². The lowest BCUT2D eigenvalue weighted by molar-refractivity contribution is 0.0697. The van der Waals surface area contributed by atoms with Gasteiger partial charge in [-0.1, -0.05) is 19.1 Å². The van der Waals surface area contributed by atoms with Crippen LogP contribution in [0.4, 0.5) is 0 Å². The van der Waals surface area contributed by atoms with Gasteiger partial charge < -0.3 is 4.90 Å². The molecule has 1 amide bonds. The minimum atomic E-state index is 0.143. The Labute approximate surface area is 141 Å². The normalized spacial score (nSPS) is 15.8. The molecule has 0 atom stereocenters. The van der Waals surface area contributed by atoms with Crippen LogP contribution in [0, 0.1) is 5.92 Å². The van der Waals surface area contributed by atoms with E-state index in [-0.39, 0.29) is 5.91 Å². The highest BCUT2D eigenvalue weighted by Gasteiger charge is 2.21. The van der Waals surface area contributed by atoms with Gasteiger partial charge in [0.05, 0.1) is 11.0 Å². The van der Waals surface area contributed by atoms with Crippen LogP contribution in [0.3, 0.4) is 0 Å². The van der Waals surface area contributed by atoms with Crippen molar-refractivity contribution < 1.29 is 4.79 Å². The van der Waals surface area contributed by atoms with Gasteiger partial charge in [0.25, 0.3) is 5.91 Å². The van der Waals surface area contributed by atoms with Gasteiger partial charge in [0.2, 0.25) is 0 Å². The molecule has 1 aliphatic rings. The number of piperidine rings is 1. The molecule has 0 radical (unpaired) electrons. The van der Waals surface area contributed by atoms with Gasteiger partial charge in [-0.3, -0.25) is 9.36 Å². The Morgan fingerprint density at radius 1 is 1.04 bits per heavy atom. The lowest BCUT2D eigenvalue weighted by Gasteiger charge is -2.30. The summed E-state index contributed by atoms with van der Waals surface area (Å²) in [5.74, 6) is 0.870. The van der Waals surface area contributed by atoms with Gasteiger partial charge in [-0.15, -0.1) is 0 Å². The average Bonchev–Trinajstić information content (AvgIpc) is 3.06. The van der Waals surface area contributed by atoms with Crippen LogP contribution in [-0.4, -0.2) is 33.4 Å². The molecule has 122 valence electrons. The number of rotatable bonds is 2. The van der Waals surface area contributed by atoms with E-state index in [0.717, 1.165) is 54.1 Å². The standard InChI is InChI=1S/C20H21N3O/c1-15-10-12-22(13-11-15)20(24)16-6-8-17(9-7-16)23-14-21-18-4-2-3-5-19(18)23/h2-9,14-15H,10-13H2,1H3. The van der Waals surface area contributed by atoms with E-state index in [1.807, 2.05) is 58.3 Å².